The summed E-state index contributed by atoms with van der Waals surface area (Å²) in [6.07, 6.45) is 5.35. The summed E-state index contributed by atoms with van der Waals surface area (Å²) in [6.45, 7) is 4.67. The molecule has 1 N–H and O–H groups in total. The number of likely N-dealkylation sites (N-methyl/N-ethyl adjacent to an activating group) is 1. The maximum absolute atomic E-state index is 12.8. The van der Waals surface area contributed by atoms with Gasteiger partial charge in [0.15, 0.2) is 0 Å². The quantitative estimate of drug-likeness (QED) is 0.709. The van der Waals surface area contributed by atoms with Crippen molar-refractivity contribution in [3.63, 3.8) is 0 Å². The van der Waals surface area contributed by atoms with Gasteiger partial charge in [-0.3, -0.25) is 0 Å². The molecule has 118 valence electrons. The number of rotatable bonds is 9. The first-order valence-corrected chi connectivity index (χ1v) is 10.2. The number of nitrogens with zero attached hydrogens (tertiary/aromatic N) is 1. The lowest BCUT2D eigenvalue weighted by Gasteiger charge is -2.20. The zero-order valence-corrected chi connectivity index (χ0v) is 14.2. The predicted molar refractivity (Wildman–Crippen MR) is 86.2 cm³/mol. The minimum atomic E-state index is -3.27. The van der Waals surface area contributed by atoms with Gasteiger partial charge in [0, 0.05) is 17.5 Å². The fourth-order valence-electron chi connectivity index (χ4n) is 2.50. The number of hydrogen-bond donors (Lipinski definition) is 1. The van der Waals surface area contributed by atoms with Gasteiger partial charge in [-0.1, -0.05) is 6.92 Å². The summed E-state index contributed by atoms with van der Waals surface area (Å²) in [5.41, 5.74) is 0. The van der Waals surface area contributed by atoms with Gasteiger partial charge in [0.25, 0.3) is 10.0 Å². The Hall–Kier alpha value is -0.430. The van der Waals surface area contributed by atoms with E-state index in [1.54, 1.807) is 10.4 Å². The van der Waals surface area contributed by atoms with E-state index in [1.807, 2.05) is 6.07 Å². The van der Waals surface area contributed by atoms with Crippen LogP contribution in [0.15, 0.2) is 16.3 Å². The van der Waals surface area contributed by atoms with Gasteiger partial charge in [-0.15, -0.1) is 11.3 Å². The van der Waals surface area contributed by atoms with Crippen molar-refractivity contribution in [3.05, 3.63) is 17.0 Å². The first-order valence-electron chi connectivity index (χ1n) is 7.92. The van der Waals surface area contributed by atoms with Gasteiger partial charge in [-0.2, -0.15) is 4.31 Å². The molecule has 4 nitrogen and oxygen atoms in total. The van der Waals surface area contributed by atoms with Crippen LogP contribution < -0.4 is 5.32 Å². The van der Waals surface area contributed by atoms with Gasteiger partial charge in [0.05, 0.1) is 0 Å². The van der Waals surface area contributed by atoms with Crippen LogP contribution in [0.3, 0.4) is 0 Å². The molecule has 0 aromatic carbocycles. The molecule has 0 radical (unpaired) electrons. The van der Waals surface area contributed by atoms with E-state index in [0.29, 0.717) is 10.1 Å². The highest BCUT2D eigenvalue weighted by molar-refractivity contribution is 7.91. The normalized spacial score (nSPS) is 19.3. The lowest BCUT2D eigenvalue weighted by Crippen LogP contribution is -2.34. The van der Waals surface area contributed by atoms with Crippen LogP contribution in [0, 0.1) is 5.92 Å². The zero-order chi connectivity index (χ0) is 14.9. The SMILES string of the molecule is CCNCCc1ccc(S(=O)(=O)N(CC2CC2)C2CC2)s1. The summed E-state index contributed by atoms with van der Waals surface area (Å²) in [4.78, 5) is 1.15. The van der Waals surface area contributed by atoms with Crippen molar-refractivity contribution in [1.82, 2.24) is 9.62 Å². The van der Waals surface area contributed by atoms with E-state index < -0.39 is 10.0 Å². The van der Waals surface area contributed by atoms with Crippen LogP contribution >= 0.6 is 11.3 Å². The smallest absolute Gasteiger partial charge is 0.252 e. The number of sulfonamides is 1. The maximum atomic E-state index is 12.8. The minimum absolute atomic E-state index is 0.267. The number of thiophene rings is 1. The zero-order valence-electron chi connectivity index (χ0n) is 12.5. The van der Waals surface area contributed by atoms with Gasteiger partial charge in [-0.05, 0) is 63.2 Å². The highest BCUT2D eigenvalue weighted by Crippen LogP contribution is 2.39. The Morgan fingerprint density at radius 3 is 2.67 bits per heavy atom. The van der Waals surface area contributed by atoms with E-state index in [0.717, 1.165) is 43.8 Å². The highest BCUT2D eigenvalue weighted by Gasteiger charge is 2.41. The second-order valence-corrected chi connectivity index (χ2v) is 9.36. The molecule has 0 spiro atoms. The van der Waals surface area contributed by atoms with Crippen molar-refractivity contribution in [3.8, 4) is 0 Å². The molecule has 6 heteroatoms. The molecule has 0 saturated heterocycles. The van der Waals surface area contributed by atoms with Gasteiger partial charge >= 0.3 is 0 Å². The predicted octanol–water partition coefficient (Wildman–Crippen LogP) is 2.46. The third-order valence-electron chi connectivity index (χ3n) is 4.09. The molecular formula is C15H24N2O2S2. The second kappa shape index (κ2) is 6.36. The van der Waals surface area contributed by atoms with E-state index in [-0.39, 0.29) is 6.04 Å². The Kier molecular flexibility index (Phi) is 4.69. The van der Waals surface area contributed by atoms with Crippen molar-refractivity contribution in [2.75, 3.05) is 19.6 Å². The van der Waals surface area contributed by atoms with E-state index >= 15 is 0 Å². The first-order chi connectivity index (χ1) is 10.1. The standard InChI is InChI=1S/C15H24N2O2S2/c1-2-16-10-9-14-7-8-15(20-14)21(18,19)17(13-5-6-13)11-12-3-4-12/h7-8,12-13,16H,2-6,9-11H2,1H3. The van der Waals surface area contributed by atoms with Crippen LogP contribution in [0.4, 0.5) is 0 Å². The van der Waals surface area contributed by atoms with E-state index in [1.165, 1.54) is 24.2 Å². The monoisotopic (exact) mass is 328 g/mol. The van der Waals surface area contributed by atoms with Crippen LogP contribution in [0.5, 0.6) is 0 Å². The average Bonchev–Trinajstić information content (AvgIpc) is 3.36. The first kappa shape index (κ1) is 15.5. The Balaban J connectivity index is 1.70. The Morgan fingerprint density at radius 1 is 1.29 bits per heavy atom. The molecule has 1 aromatic rings. The lowest BCUT2D eigenvalue weighted by atomic mass is 10.3. The summed E-state index contributed by atoms with van der Waals surface area (Å²) < 4.78 is 28.0. The van der Waals surface area contributed by atoms with Gasteiger partial charge in [-0.25, -0.2) is 8.42 Å². The van der Waals surface area contributed by atoms with Crippen LogP contribution in [0.1, 0.15) is 37.5 Å². The molecule has 0 atom stereocenters. The molecule has 1 aromatic heterocycles. The van der Waals surface area contributed by atoms with E-state index in [9.17, 15) is 8.42 Å². The van der Waals surface area contributed by atoms with Crippen molar-refractivity contribution in [1.29, 1.82) is 0 Å². The molecule has 2 saturated carbocycles. The molecule has 2 aliphatic rings. The number of nitrogens with one attached hydrogen (secondary N) is 1. The Morgan fingerprint density at radius 2 is 2.05 bits per heavy atom. The van der Waals surface area contributed by atoms with Crippen molar-refractivity contribution < 1.29 is 8.42 Å². The third kappa shape index (κ3) is 3.86. The molecule has 2 aliphatic carbocycles. The molecule has 3 rings (SSSR count). The van der Waals surface area contributed by atoms with Gasteiger partial charge < -0.3 is 5.32 Å². The van der Waals surface area contributed by atoms with Gasteiger partial charge in [0.2, 0.25) is 0 Å². The summed E-state index contributed by atoms with van der Waals surface area (Å²) in [5.74, 6) is 0.605. The van der Waals surface area contributed by atoms with Gasteiger partial charge in [0.1, 0.15) is 4.21 Å². The van der Waals surface area contributed by atoms with E-state index in [4.69, 9.17) is 0 Å². The topological polar surface area (TPSA) is 49.4 Å². The molecular weight excluding hydrogens is 304 g/mol. The lowest BCUT2D eigenvalue weighted by molar-refractivity contribution is 0.390. The van der Waals surface area contributed by atoms with Crippen molar-refractivity contribution in [2.45, 2.75) is 49.3 Å². The van der Waals surface area contributed by atoms with Crippen LogP contribution in [-0.2, 0) is 16.4 Å². The Bertz CT molecular complexity index is 574. The summed E-state index contributed by atoms with van der Waals surface area (Å²) in [5, 5.41) is 3.28. The molecule has 0 bridgehead atoms. The van der Waals surface area contributed by atoms with Crippen LogP contribution in [0.25, 0.3) is 0 Å². The van der Waals surface area contributed by atoms with Crippen molar-refractivity contribution >= 4 is 21.4 Å². The molecule has 21 heavy (non-hydrogen) atoms. The fourth-order valence-corrected chi connectivity index (χ4v) is 5.74. The molecule has 0 amide bonds. The summed E-state index contributed by atoms with van der Waals surface area (Å²) in [7, 11) is -3.27. The summed E-state index contributed by atoms with van der Waals surface area (Å²) in [6, 6.07) is 4.03. The van der Waals surface area contributed by atoms with Crippen molar-refractivity contribution in [2.24, 2.45) is 5.92 Å². The maximum Gasteiger partial charge on any atom is 0.252 e. The summed E-state index contributed by atoms with van der Waals surface area (Å²) >= 11 is 1.44. The second-order valence-electron chi connectivity index (χ2n) is 6.07. The Labute approximate surface area is 131 Å². The van der Waals surface area contributed by atoms with Crippen LogP contribution in [0.2, 0.25) is 0 Å². The molecule has 2 fully saturated rings. The third-order valence-corrected chi connectivity index (χ3v) is 7.62. The van der Waals surface area contributed by atoms with Crippen LogP contribution in [-0.4, -0.2) is 38.4 Å². The largest absolute Gasteiger partial charge is 0.317 e. The molecule has 0 aliphatic heterocycles. The average molecular weight is 329 g/mol. The highest BCUT2D eigenvalue weighted by atomic mass is 32.2. The molecule has 1 heterocycles. The fraction of sp³-hybridized carbons (Fsp3) is 0.733. The van der Waals surface area contributed by atoms with E-state index in [2.05, 4.69) is 12.2 Å². The number of hydrogen-bond acceptors (Lipinski definition) is 4. The minimum Gasteiger partial charge on any atom is -0.317 e. The molecule has 0 unspecified atom stereocenters.